The quantitative estimate of drug-likeness (QED) is 0.185. The third-order valence-electron chi connectivity index (χ3n) is 7.30. The Hall–Kier alpha value is -2.94. The zero-order chi connectivity index (χ0) is 23.4. The van der Waals surface area contributed by atoms with Gasteiger partial charge in [-0.2, -0.15) is 0 Å². The number of rotatable bonds is 3. The summed E-state index contributed by atoms with van der Waals surface area (Å²) in [5, 5.41) is 10.9. The average Bonchev–Trinajstić information content (AvgIpc) is 2.88. The van der Waals surface area contributed by atoms with Gasteiger partial charge in [-0.05, 0) is 105 Å². The Morgan fingerprint density at radius 3 is 1.06 bits per heavy atom. The fourth-order valence-electron chi connectivity index (χ4n) is 5.52. The minimum Gasteiger partial charge on any atom is -0.0616 e. The SMILES string of the molecule is Cc1c2ccccc2c(C)c2c(SSc3cccc4c(C)c5ccccc5c(C)c34)cccc12. The molecule has 6 rings (SSSR count). The van der Waals surface area contributed by atoms with Crippen molar-refractivity contribution in [2.24, 2.45) is 0 Å². The highest BCUT2D eigenvalue weighted by atomic mass is 33.1. The molecule has 0 amide bonds. The van der Waals surface area contributed by atoms with Crippen molar-refractivity contribution in [2.75, 3.05) is 0 Å². The minimum atomic E-state index is 1.33. The molecule has 0 saturated heterocycles. The number of hydrogen-bond donors (Lipinski definition) is 0. The van der Waals surface area contributed by atoms with Crippen LogP contribution in [0.4, 0.5) is 0 Å². The van der Waals surface area contributed by atoms with E-state index in [-0.39, 0.29) is 0 Å². The highest BCUT2D eigenvalue weighted by Crippen LogP contribution is 2.47. The van der Waals surface area contributed by atoms with E-state index in [1.807, 2.05) is 21.6 Å². The zero-order valence-corrected chi connectivity index (χ0v) is 21.5. The molecule has 6 aromatic carbocycles. The highest BCUT2D eigenvalue weighted by molar-refractivity contribution is 8.76. The molecule has 0 aromatic heterocycles. The molecule has 0 aliphatic rings. The number of fused-ring (bicyclic) bond motifs is 4. The summed E-state index contributed by atoms with van der Waals surface area (Å²) < 4.78 is 0. The van der Waals surface area contributed by atoms with Crippen LogP contribution in [0.1, 0.15) is 22.3 Å². The van der Waals surface area contributed by atoms with Gasteiger partial charge in [0.25, 0.3) is 0 Å². The summed E-state index contributed by atoms with van der Waals surface area (Å²) in [5.74, 6) is 0. The molecule has 0 bridgehead atoms. The predicted molar refractivity (Wildman–Crippen MR) is 154 cm³/mol. The van der Waals surface area contributed by atoms with Gasteiger partial charge in [-0.3, -0.25) is 0 Å². The van der Waals surface area contributed by atoms with Crippen LogP contribution >= 0.6 is 21.6 Å². The van der Waals surface area contributed by atoms with E-state index >= 15 is 0 Å². The molecule has 2 heteroatoms. The Morgan fingerprint density at radius 1 is 0.353 bits per heavy atom. The van der Waals surface area contributed by atoms with E-state index < -0.39 is 0 Å². The standard InChI is InChI=1S/C32H26S2/c1-19-23-11-5-7-13-25(23)21(3)31-27(19)15-9-17-29(31)33-34-30-18-10-16-28-20(2)24-12-6-8-14-26(24)22(4)32(28)30/h5-18H,1-4H3. The fraction of sp³-hybridized carbons (Fsp3) is 0.125. The maximum absolute atomic E-state index is 2.28. The summed E-state index contributed by atoms with van der Waals surface area (Å²) in [6.07, 6.45) is 0. The number of benzene rings is 6. The Labute approximate surface area is 208 Å². The van der Waals surface area contributed by atoms with Crippen molar-refractivity contribution in [3.05, 3.63) is 107 Å². The summed E-state index contributed by atoms with van der Waals surface area (Å²) in [6.45, 7) is 9.06. The molecule has 0 spiro atoms. The second kappa shape index (κ2) is 8.37. The molecule has 34 heavy (non-hydrogen) atoms. The molecule has 0 radical (unpaired) electrons. The summed E-state index contributed by atoms with van der Waals surface area (Å²) in [4.78, 5) is 2.67. The van der Waals surface area contributed by atoms with Gasteiger partial charge >= 0.3 is 0 Å². The molecule has 0 aliphatic carbocycles. The highest BCUT2D eigenvalue weighted by Gasteiger charge is 2.15. The van der Waals surface area contributed by atoms with Crippen molar-refractivity contribution in [1.82, 2.24) is 0 Å². The molecule has 0 fully saturated rings. The van der Waals surface area contributed by atoms with Gasteiger partial charge in [0.05, 0.1) is 0 Å². The Kier molecular flexibility index (Phi) is 5.32. The van der Waals surface area contributed by atoms with Crippen LogP contribution in [0.25, 0.3) is 43.1 Å². The molecule has 0 unspecified atom stereocenters. The fourth-order valence-corrected chi connectivity index (χ4v) is 8.04. The van der Waals surface area contributed by atoms with Gasteiger partial charge in [0.2, 0.25) is 0 Å². The first-order valence-corrected chi connectivity index (χ1v) is 13.9. The minimum absolute atomic E-state index is 1.33. The monoisotopic (exact) mass is 474 g/mol. The van der Waals surface area contributed by atoms with Crippen LogP contribution in [0.3, 0.4) is 0 Å². The van der Waals surface area contributed by atoms with E-state index in [1.165, 1.54) is 75.1 Å². The summed E-state index contributed by atoms with van der Waals surface area (Å²) in [6, 6.07) is 31.1. The first-order chi connectivity index (χ1) is 16.6. The molecule has 0 nitrogen and oxygen atoms in total. The van der Waals surface area contributed by atoms with E-state index in [2.05, 4.69) is 113 Å². The van der Waals surface area contributed by atoms with Gasteiger partial charge in [0, 0.05) is 9.79 Å². The molecule has 0 N–H and O–H groups in total. The van der Waals surface area contributed by atoms with E-state index in [0.29, 0.717) is 0 Å². The van der Waals surface area contributed by atoms with Crippen molar-refractivity contribution in [3.63, 3.8) is 0 Å². The summed E-state index contributed by atoms with van der Waals surface area (Å²) in [5.41, 5.74) is 5.48. The van der Waals surface area contributed by atoms with Crippen molar-refractivity contribution < 1.29 is 0 Å². The van der Waals surface area contributed by atoms with Crippen molar-refractivity contribution in [2.45, 2.75) is 37.5 Å². The Balaban J connectivity index is 1.51. The normalized spacial score (nSPS) is 11.8. The Bertz CT molecular complexity index is 1610. The van der Waals surface area contributed by atoms with Gasteiger partial charge in [-0.25, -0.2) is 0 Å². The van der Waals surface area contributed by atoms with Crippen LogP contribution in [0.2, 0.25) is 0 Å². The van der Waals surface area contributed by atoms with Crippen LogP contribution in [-0.2, 0) is 0 Å². The third-order valence-corrected chi connectivity index (χ3v) is 9.75. The zero-order valence-electron chi connectivity index (χ0n) is 19.9. The van der Waals surface area contributed by atoms with Gasteiger partial charge in [-0.15, -0.1) is 0 Å². The van der Waals surface area contributed by atoms with E-state index in [9.17, 15) is 0 Å². The molecule has 0 aliphatic heterocycles. The van der Waals surface area contributed by atoms with E-state index in [4.69, 9.17) is 0 Å². The van der Waals surface area contributed by atoms with Crippen LogP contribution in [-0.4, -0.2) is 0 Å². The van der Waals surface area contributed by atoms with Crippen LogP contribution in [0.15, 0.2) is 94.7 Å². The predicted octanol–water partition coefficient (Wildman–Crippen LogP) is 10.3. The summed E-state index contributed by atoms with van der Waals surface area (Å²) >= 11 is 0. The van der Waals surface area contributed by atoms with E-state index in [1.54, 1.807) is 0 Å². The lowest BCUT2D eigenvalue weighted by atomic mass is 9.93. The lowest BCUT2D eigenvalue weighted by molar-refractivity contribution is 1.46. The molecule has 0 saturated carbocycles. The molecular formula is C32H26S2. The maximum atomic E-state index is 2.28. The molecular weight excluding hydrogens is 448 g/mol. The van der Waals surface area contributed by atoms with Crippen LogP contribution in [0.5, 0.6) is 0 Å². The second-order valence-electron chi connectivity index (χ2n) is 9.12. The lowest BCUT2D eigenvalue weighted by Crippen LogP contribution is -1.90. The third kappa shape index (κ3) is 3.24. The first kappa shape index (κ1) is 21.6. The average molecular weight is 475 g/mol. The first-order valence-electron chi connectivity index (χ1n) is 11.7. The van der Waals surface area contributed by atoms with Crippen molar-refractivity contribution in [1.29, 1.82) is 0 Å². The molecule has 166 valence electrons. The molecule has 0 heterocycles. The number of hydrogen-bond acceptors (Lipinski definition) is 2. The second-order valence-corrected chi connectivity index (χ2v) is 11.3. The smallest absolute Gasteiger partial charge is 0.0267 e. The Morgan fingerprint density at radius 2 is 0.676 bits per heavy atom. The van der Waals surface area contributed by atoms with Gasteiger partial charge < -0.3 is 0 Å². The van der Waals surface area contributed by atoms with Gasteiger partial charge in [0.1, 0.15) is 0 Å². The topological polar surface area (TPSA) is 0 Å². The molecule has 6 aromatic rings. The van der Waals surface area contributed by atoms with Crippen molar-refractivity contribution in [3.8, 4) is 0 Å². The van der Waals surface area contributed by atoms with Crippen LogP contribution in [0, 0.1) is 27.7 Å². The lowest BCUT2D eigenvalue weighted by Gasteiger charge is -2.17. The number of aryl methyl sites for hydroxylation is 4. The van der Waals surface area contributed by atoms with Crippen LogP contribution < -0.4 is 0 Å². The van der Waals surface area contributed by atoms with Gasteiger partial charge in [-0.1, -0.05) is 94.4 Å². The summed E-state index contributed by atoms with van der Waals surface area (Å²) in [7, 11) is 3.77. The largest absolute Gasteiger partial charge is 0.0616 e. The van der Waals surface area contributed by atoms with Crippen molar-refractivity contribution >= 4 is 64.7 Å². The van der Waals surface area contributed by atoms with Gasteiger partial charge in [0.15, 0.2) is 0 Å². The van der Waals surface area contributed by atoms with E-state index in [0.717, 1.165) is 0 Å². The maximum Gasteiger partial charge on any atom is 0.0267 e. The molecule has 0 atom stereocenters.